The summed E-state index contributed by atoms with van der Waals surface area (Å²) in [7, 11) is 0. The second-order valence-corrected chi connectivity index (χ2v) is 8.97. The Labute approximate surface area is 192 Å². The Hall–Kier alpha value is -3.02. The number of hydrogen-bond acceptors (Lipinski definition) is 4. The van der Waals surface area contributed by atoms with Crippen molar-refractivity contribution >= 4 is 23.2 Å². The summed E-state index contributed by atoms with van der Waals surface area (Å²) in [5.41, 5.74) is 1.61. The van der Waals surface area contributed by atoms with Gasteiger partial charge in [-0.15, -0.1) is 0 Å². The maximum Gasteiger partial charge on any atom is 0.251 e. The third-order valence-corrected chi connectivity index (χ3v) is 4.72. The van der Waals surface area contributed by atoms with Crippen molar-refractivity contribution < 1.29 is 14.3 Å². The van der Waals surface area contributed by atoms with Gasteiger partial charge in [0.25, 0.3) is 5.91 Å². The van der Waals surface area contributed by atoms with E-state index in [1.807, 2.05) is 45.0 Å². The van der Waals surface area contributed by atoms with E-state index in [-0.39, 0.29) is 23.9 Å². The number of nitrogens with one attached hydrogen (secondary N) is 3. The molecule has 0 unspecified atom stereocenters. The Bertz CT molecular complexity index is 857. The molecule has 0 saturated carbocycles. The standard InChI is InChI=1S/C26H37N3O3/c1-5-6-7-8-9-17-32-23-15-13-21(14-16-23)27-19-24(30)28-22-12-10-11-20(18-22)25(31)29-26(2,3)4/h10-16,18,27H,5-9,17,19H2,1-4H3,(H,28,30)(H,29,31). The van der Waals surface area contributed by atoms with Crippen LogP contribution < -0.4 is 20.7 Å². The summed E-state index contributed by atoms with van der Waals surface area (Å²) in [6.07, 6.45) is 6.06. The topological polar surface area (TPSA) is 79.5 Å². The molecule has 2 aromatic rings. The van der Waals surface area contributed by atoms with Crippen LogP contribution in [0, 0.1) is 0 Å². The van der Waals surface area contributed by atoms with Gasteiger partial charge >= 0.3 is 0 Å². The molecule has 0 aliphatic heterocycles. The zero-order valence-corrected chi connectivity index (χ0v) is 19.8. The van der Waals surface area contributed by atoms with E-state index in [1.54, 1.807) is 24.3 Å². The molecule has 2 amide bonds. The molecule has 0 bridgehead atoms. The van der Waals surface area contributed by atoms with E-state index >= 15 is 0 Å². The highest BCUT2D eigenvalue weighted by Crippen LogP contribution is 2.17. The molecule has 2 rings (SSSR count). The van der Waals surface area contributed by atoms with Gasteiger partial charge in [0.05, 0.1) is 13.2 Å². The first-order valence-electron chi connectivity index (χ1n) is 11.5. The van der Waals surface area contributed by atoms with Crippen LogP contribution in [0.2, 0.25) is 0 Å². The fourth-order valence-electron chi connectivity index (χ4n) is 3.10. The molecule has 0 radical (unpaired) electrons. The number of amides is 2. The van der Waals surface area contributed by atoms with E-state index in [9.17, 15) is 9.59 Å². The van der Waals surface area contributed by atoms with Crippen LogP contribution in [0.4, 0.5) is 11.4 Å². The molecule has 0 spiro atoms. The molecular weight excluding hydrogens is 402 g/mol. The fourth-order valence-corrected chi connectivity index (χ4v) is 3.10. The Balaban J connectivity index is 1.76. The summed E-state index contributed by atoms with van der Waals surface area (Å²) in [5, 5.41) is 8.85. The van der Waals surface area contributed by atoms with Crippen LogP contribution in [0.15, 0.2) is 48.5 Å². The molecule has 0 aromatic heterocycles. The van der Waals surface area contributed by atoms with Gasteiger partial charge < -0.3 is 20.7 Å². The van der Waals surface area contributed by atoms with Crippen LogP contribution in [-0.2, 0) is 4.79 Å². The molecule has 0 aliphatic rings. The van der Waals surface area contributed by atoms with Gasteiger partial charge in [-0.1, -0.05) is 38.7 Å². The van der Waals surface area contributed by atoms with Crippen molar-refractivity contribution in [1.82, 2.24) is 5.32 Å². The van der Waals surface area contributed by atoms with E-state index in [0.29, 0.717) is 11.3 Å². The number of rotatable bonds is 12. The first-order valence-corrected chi connectivity index (χ1v) is 11.5. The molecule has 174 valence electrons. The first kappa shape index (κ1) is 25.2. The summed E-state index contributed by atoms with van der Waals surface area (Å²) in [6, 6.07) is 14.5. The number of anilines is 2. The zero-order chi connectivity index (χ0) is 23.4. The molecule has 6 nitrogen and oxygen atoms in total. The SMILES string of the molecule is CCCCCCCOc1ccc(NCC(=O)Nc2cccc(C(=O)NC(C)(C)C)c2)cc1. The first-order chi connectivity index (χ1) is 15.3. The van der Waals surface area contributed by atoms with Crippen molar-refractivity contribution in [3.63, 3.8) is 0 Å². The number of carbonyl (C=O) groups is 2. The molecule has 0 saturated heterocycles. The molecule has 0 atom stereocenters. The highest BCUT2D eigenvalue weighted by Gasteiger charge is 2.15. The van der Waals surface area contributed by atoms with Crippen molar-refractivity contribution in [3.8, 4) is 5.75 Å². The Kier molecular flexibility index (Phi) is 10.1. The lowest BCUT2D eigenvalue weighted by Crippen LogP contribution is -2.40. The maximum atomic E-state index is 12.3. The smallest absolute Gasteiger partial charge is 0.251 e. The molecule has 0 aliphatic carbocycles. The van der Waals surface area contributed by atoms with Gasteiger partial charge in [-0.2, -0.15) is 0 Å². The van der Waals surface area contributed by atoms with Crippen molar-refractivity contribution in [3.05, 3.63) is 54.1 Å². The van der Waals surface area contributed by atoms with Crippen molar-refractivity contribution in [1.29, 1.82) is 0 Å². The van der Waals surface area contributed by atoms with Gasteiger partial charge in [-0.05, 0) is 69.7 Å². The van der Waals surface area contributed by atoms with Crippen LogP contribution in [0.25, 0.3) is 0 Å². The average Bonchev–Trinajstić information content (AvgIpc) is 2.74. The van der Waals surface area contributed by atoms with Crippen LogP contribution in [0.1, 0.15) is 70.2 Å². The van der Waals surface area contributed by atoms with E-state index < -0.39 is 0 Å². The van der Waals surface area contributed by atoms with Gasteiger partial charge in [-0.25, -0.2) is 0 Å². The van der Waals surface area contributed by atoms with E-state index in [2.05, 4.69) is 22.9 Å². The number of ether oxygens (including phenoxy) is 1. The summed E-state index contributed by atoms with van der Waals surface area (Å²) in [5.74, 6) is 0.474. The number of benzene rings is 2. The minimum atomic E-state index is -0.324. The predicted molar refractivity (Wildman–Crippen MR) is 131 cm³/mol. The highest BCUT2D eigenvalue weighted by atomic mass is 16.5. The van der Waals surface area contributed by atoms with Crippen molar-refractivity contribution in [2.45, 2.75) is 65.3 Å². The van der Waals surface area contributed by atoms with Crippen LogP contribution >= 0.6 is 0 Å². The average molecular weight is 440 g/mol. The third-order valence-electron chi connectivity index (χ3n) is 4.72. The Morgan fingerprint density at radius 2 is 1.62 bits per heavy atom. The third kappa shape index (κ3) is 9.86. The summed E-state index contributed by atoms with van der Waals surface area (Å²) in [4.78, 5) is 24.6. The van der Waals surface area contributed by atoms with Gasteiger partial charge in [-0.3, -0.25) is 9.59 Å². The second-order valence-electron chi connectivity index (χ2n) is 8.97. The fraction of sp³-hybridized carbons (Fsp3) is 0.462. The quantitative estimate of drug-likeness (QED) is 0.375. The minimum absolute atomic E-state index is 0.121. The van der Waals surface area contributed by atoms with Crippen molar-refractivity contribution in [2.24, 2.45) is 0 Å². The molecular formula is C26H37N3O3. The number of carbonyl (C=O) groups excluding carboxylic acids is 2. The molecule has 3 N–H and O–H groups in total. The highest BCUT2D eigenvalue weighted by molar-refractivity contribution is 5.98. The van der Waals surface area contributed by atoms with Crippen LogP contribution in [-0.4, -0.2) is 30.5 Å². The molecule has 6 heteroatoms. The van der Waals surface area contributed by atoms with Crippen LogP contribution in [0.3, 0.4) is 0 Å². The summed E-state index contributed by atoms with van der Waals surface area (Å²) in [6.45, 7) is 8.84. The lowest BCUT2D eigenvalue weighted by molar-refractivity contribution is -0.114. The van der Waals surface area contributed by atoms with Crippen LogP contribution in [0.5, 0.6) is 5.75 Å². The van der Waals surface area contributed by atoms with E-state index in [4.69, 9.17) is 4.74 Å². The lowest BCUT2D eigenvalue weighted by atomic mass is 10.1. The Morgan fingerprint density at radius 3 is 2.31 bits per heavy atom. The molecule has 0 heterocycles. The maximum absolute atomic E-state index is 12.3. The normalized spacial score (nSPS) is 11.0. The van der Waals surface area contributed by atoms with Gasteiger partial charge in [0.15, 0.2) is 0 Å². The largest absolute Gasteiger partial charge is 0.494 e. The van der Waals surface area contributed by atoms with Gasteiger partial charge in [0.2, 0.25) is 5.91 Å². The van der Waals surface area contributed by atoms with E-state index in [1.165, 1.54) is 25.7 Å². The predicted octanol–water partition coefficient (Wildman–Crippen LogP) is 5.61. The number of hydrogen-bond donors (Lipinski definition) is 3. The van der Waals surface area contributed by atoms with Gasteiger partial charge in [0, 0.05) is 22.5 Å². The molecule has 0 fully saturated rings. The lowest BCUT2D eigenvalue weighted by Gasteiger charge is -2.20. The number of unbranched alkanes of at least 4 members (excludes halogenated alkanes) is 4. The second kappa shape index (κ2) is 12.7. The van der Waals surface area contributed by atoms with Crippen molar-refractivity contribution in [2.75, 3.05) is 23.8 Å². The zero-order valence-electron chi connectivity index (χ0n) is 19.8. The summed E-state index contributed by atoms with van der Waals surface area (Å²) >= 11 is 0. The van der Waals surface area contributed by atoms with Gasteiger partial charge in [0.1, 0.15) is 5.75 Å². The molecule has 2 aromatic carbocycles. The minimum Gasteiger partial charge on any atom is -0.494 e. The van der Waals surface area contributed by atoms with E-state index in [0.717, 1.165) is 24.5 Å². The molecule has 32 heavy (non-hydrogen) atoms. The Morgan fingerprint density at radius 1 is 0.906 bits per heavy atom. The monoisotopic (exact) mass is 439 g/mol. The summed E-state index contributed by atoms with van der Waals surface area (Å²) < 4.78 is 5.77.